The Labute approximate surface area is 155 Å². The molecule has 138 valence electrons. The van der Waals surface area contributed by atoms with E-state index in [1.807, 2.05) is 0 Å². The summed E-state index contributed by atoms with van der Waals surface area (Å²) in [6.45, 7) is 0.536. The summed E-state index contributed by atoms with van der Waals surface area (Å²) in [6, 6.07) is 12.2. The van der Waals surface area contributed by atoms with Crippen LogP contribution in [0.1, 0.15) is 22.3 Å². The first-order valence-electron chi connectivity index (χ1n) is 8.60. The molecule has 0 saturated carbocycles. The van der Waals surface area contributed by atoms with Gasteiger partial charge in [0.25, 0.3) is 0 Å². The van der Waals surface area contributed by atoms with Crippen LogP contribution in [0.3, 0.4) is 0 Å². The molecule has 0 aliphatic carbocycles. The third-order valence-corrected chi connectivity index (χ3v) is 4.83. The van der Waals surface area contributed by atoms with E-state index in [4.69, 9.17) is 9.47 Å². The fourth-order valence-corrected chi connectivity index (χ4v) is 3.35. The van der Waals surface area contributed by atoms with E-state index < -0.39 is 5.92 Å². The van der Waals surface area contributed by atoms with Crippen molar-refractivity contribution in [1.29, 1.82) is 0 Å². The molecule has 0 bridgehead atoms. The highest BCUT2D eigenvalue weighted by Gasteiger charge is 2.35. The maximum absolute atomic E-state index is 12.6. The van der Waals surface area contributed by atoms with Gasteiger partial charge in [0.15, 0.2) is 0 Å². The van der Waals surface area contributed by atoms with E-state index in [1.165, 1.54) is 0 Å². The molecule has 1 atom stereocenters. The molecule has 0 aromatic heterocycles. The zero-order chi connectivity index (χ0) is 19.0. The second kappa shape index (κ2) is 6.75. The molecule has 4 rings (SSSR count). The summed E-state index contributed by atoms with van der Waals surface area (Å²) in [4.78, 5) is 38.0. The number of carbonyl (C=O) groups is 3. The van der Waals surface area contributed by atoms with Crippen LogP contribution in [0.4, 0.5) is 11.4 Å². The largest absolute Gasteiger partial charge is 0.497 e. The van der Waals surface area contributed by atoms with Gasteiger partial charge in [0.1, 0.15) is 12.4 Å². The lowest BCUT2D eigenvalue weighted by molar-refractivity contribution is -0.122. The van der Waals surface area contributed by atoms with Gasteiger partial charge in [0.05, 0.1) is 18.6 Å². The summed E-state index contributed by atoms with van der Waals surface area (Å²) in [5, 5.41) is 2.83. The maximum Gasteiger partial charge on any atom is 0.338 e. The highest BCUT2D eigenvalue weighted by atomic mass is 16.5. The van der Waals surface area contributed by atoms with E-state index in [-0.39, 0.29) is 30.8 Å². The zero-order valence-electron chi connectivity index (χ0n) is 14.7. The molecule has 2 aromatic carbocycles. The quantitative estimate of drug-likeness (QED) is 0.840. The molecule has 1 fully saturated rings. The molecule has 27 heavy (non-hydrogen) atoms. The Morgan fingerprint density at radius 2 is 1.96 bits per heavy atom. The minimum atomic E-state index is -0.439. The molecular weight excluding hydrogens is 348 g/mol. The minimum Gasteiger partial charge on any atom is -0.497 e. The van der Waals surface area contributed by atoms with E-state index >= 15 is 0 Å². The summed E-state index contributed by atoms with van der Waals surface area (Å²) in [6.07, 6.45) is 0.157. The van der Waals surface area contributed by atoms with Gasteiger partial charge in [-0.1, -0.05) is 0 Å². The number of anilines is 2. The number of esters is 1. The molecule has 2 amide bonds. The first kappa shape index (κ1) is 17.1. The number of amides is 2. The predicted octanol–water partition coefficient (Wildman–Crippen LogP) is 2.36. The van der Waals surface area contributed by atoms with Crippen LogP contribution in [0.2, 0.25) is 0 Å². The second-order valence-corrected chi connectivity index (χ2v) is 6.54. The lowest BCUT2D eigenvalue weighted by Crippen LogP contribution is -2.28. The first-order chi connectivity index (χ1) is 13.0. The van der Waals surface area contributed by atoms with Crippen molar-refractivity contribution >= 4 is 29.2 Å². The SMILES string of the molecule is COc1ccc(N2C[C@H](C(=O)Nc3ccc4c(c3)COC4=O)CC2=O)cc1. The van der Waals surface area contributed by atoms with Gasteiger partial charge >= 0.3 is 5.97 Å². The topological polar surface area (TPSA) is 84.9 Å². The monoisotopic (exact) mass is 366 g/mol. The van der Waals surface area contributed by atoms with Crippen LogP contribution in [0, 0.1) is 5.92 Å². The van der Waals surface area contributed by atoms with Gasteiger partial charge in [-0.3, -0.25) is 9.59 Å². The molecule has 7 heteroatoms. The molecule has 1 saturated heterocycles. The van der Waals surface area contributed by atoms with Crippen molar-refractivity contribution in [2.45, 2.75) is 13.0 Å². The summed E-state index contributed by atoms with van der Waals surface area (Å²) in [7, 11) is 1.58. The predicted molar refractivity (Wildman–Crippen MR) is 97.6 cm³/mol. The Morgan fingerprint density at radius 3 is 2.70 bits per heavy atom. The number of ether oxygens (including phenoxy) is 2. The third kappa shape index (κ3) is 3.23. The van der Waals surface area contributed by atoms with Crippen molar-refractivity contribution in [3.8, 4) is 5.75 Å². The molecule has 0 radical (unpaired) electrons. The number of rotatable bonds is 4. The van der Waals surface area contributed by atoms with Gasteiger partial charge in [-0.05, 0) is 42.5 Å². The summed E-state index contributed by atoms with van der Waals surface area (Å²) >= 11 is 0. The Morgan fingerprint density at radius 1 is 1.19 bits per heavy atom. The minimum absolute atomic E-state index is 0.0896. The highest BCUT2D eigenvalue weighted by Crippen LogP contribution is 2.28. The van der Waals surface area contributed by atoms with Gasteiger partial charge in [-0.2, -0.15) is 0 Å². The first-order valence-corrected chi connectivity index (χ1v) is 8.60. The molecule has 2 aliphatic rings. The summed E-state index contributed by atoms with van der Waals surface area (Å²) in [5.41, 5.74) is 2.60. The molecule has 0 unspecified atom stereocenters. The Balaban J connectivity index is 1.44. The average Bonchev–Trinajstić information content (AvgIpc) is 3.25. The van der Waals surface area contributed by atoms with Crippen LogP contribution < -0.4 is 15.0 Å². The maximum atomic E-state index is 12.6. The third-order valence-electron chi connectivity index (χ3n) is 4.83. The lowest BCUT2D eigenvalue weighted by Gasteiger charge is -2.17. The number of benzene rings is 2. The molecule has 2 heterocycles. The highest BCUT2D eigenvalue weighted by molar-refractivity contribution is 6.04. The molecular formula is C20H18N2O5. The number of fused-ring (bicyclic) bond motifs is 1. The van der Waals surface area contributed by atoms with Crippen molar-refractivity contribution < 1.29 is 23.9 Å². The normalized spacial score (nSPS) is 18.3. The zero-order valence-corrected chi connectivity index (χ0v) is 14.7. The van der Waals surface area contributed by atoms with Gasteiger partial charge < -0.3 is 19.7 Å². The fraction of sp³-hybridized carbons (Fsp3) is 0.250. The molecule has 2 aliphatic heterocycles. The van der Waals surface area contributed by atoms with E-state index in [0.29, 0.717) is 23.5 Å². The van der Waals surface area contributed by atoms with Crippen molar-refractivity contribution in [3.63, 3.8) is 0 Å². The van der Waals surface area contributed by atoms with Crippen LogP contribution in [0.5, 0.6) is 5.75 Å². The summed E-state index contributed by atoms with van der Waals surface area (Å²) < 4.78 is 10.1. The molecule has 1 N–H and O–H groups in total. The Kier molecular flexibility index (Phi) is 4.27. The molecule has 0 spiro atoms. The number of nitrogens with zero attached hydrogens (tertiary/aromatic N) is 1. The summed E-state index contributed by atoms with van der Waals surface area (Å²) in [5.74, 6) is -0.387. The Bertz CT molecular complexity index is 922. The lowest BCUT2D eigenvalue weighted by atomic mass is 10.1. The number of methoxy groups -OCH3 is 1. The number of nitrogens with one attached hydrogen (secondary N) is 1. The van der Waals surface area contributed by atoms with Gasteiger partial charge in [-0.25, -0.2) is 4.79 Å². The Hall–Kier alpha value is -3.35. The van der Waals surface area contributed by atoms with Crippen LogP contribution in [-0.4, -0.2) is 31.4 Å². The van der Waals surface area contributed by atoms with Gasteiger partial charge in [0.2, 0.25) is 11.8 Å². The van der Waals surface area contributed by atoms with Crippen molar-refractivity contribution in [3.05, 3.63) is 53.6 Å². The van der Waals surface area contributed by atoms with E-state index in [0.717, 1.165) is 11.3 Å². The molecule has 2 aromatic rings. The number of cyclic esters (lactones) is 1. The average molecular weight is 366 g/mol. The van der Waals surface area contributed by atoms with Crippen LogP contribution in [-0.2, 0) is 20.9 Å². The van der Waals surface area contributed by atoms with Crippen molar-refractivity contribution in [2.24, 2.45) is 5.92 Å². The number of hydrogen-bond donors (Lipinski definition) is 1. The standard InChI is InChI=1S/C20H18N2O5/c1-26-16-5-3-15(4-6-16)22-10-12(9-18(22)23)19(24)21-14-2-7-17-13(8-14)11-27-20(17)25/h2-8,12H,9-11H2,1H3,(H,21,24)/t12-/m1/s1. The van der Waals surface area contributed by atoms with Crippen LogP contribution in [0.25, 0.3) is 0 Å². The number of hydrogen-bond acceptors (Lipinski definition) is 5. The van der Waals surface area contributed by atoms with Crippen LogP contribution >= 0.6 is 0 Å². The molecule has 7 nitrogen and oxygen atoms in total. The van der Waals surface area contributed by atoms with E-state index in [1.54, 1.807) is 54.5 Å². The number of carbonyl (C=O) groups excluding carboxylic acids is 3. The van der Waals surface area contributed by atoms with Gasteiger partial charge in [-0.15, -0.1) is 0 Å². The van der Waals surface area contributed by atoms with Gasteiger partial charge in [0, 0.05) is 29.9 Å². The van der Waals surface area contributed by atoms with E-state index in [2.05, 4.69) is 5.32 Å². The van der Waals surface area contributed by atoms with Crippen molar-refractivity contribution in [2.75, 3.05) is 23.9 Å². The smallest absolute Gasteiger partial charge is 0.338 e. The fourth-order valence-electron chi connectivity index (χ4n) is 3.35. The second-order valence-electron chi connectivity index (χ2n) is 6.54. The van der Waals surface area contributed by atoms with E-state index in [9.17, 15) is 14.4 Å². The van der Waals surface area contributed by atoms with Crippen LogP contribution in [0.15, 0.2) is 42.5 Å². The van der Waals surface area contributed by atoms with Crippen molar-refractivity contribution in [1.82, 2.24) is 0 Å².